The predicted octanol–water partition coefficient (Wildman–Crippen LogP) is 1.30. The van der Waals surface area contributed by atoms with Gasteiger partial charge in [0, 0.05) is 52.2 Å². The zero-order valence-electron chi connectivity index (χ0n) is 15.3. The second-order valence-corrected chi connectivity index (χ2v) is 7.06. The molecule has 1 aliphatic rings. The fourth-order valence-electron chi connectivity index (χ4n) is 2.77. The highest BCUT2D eigenvalue weighted by atomic mass is 35.5. The zero-order valence-corrected chi connectivity index (χ0v) is 16.1. The van der Waals surface area contributed by atoms with E-state index in [4.69, 9.17) is 11.6 Å². The first-order valence-electron chi connectivity index (χ1n) is 8.75. The van der Waals surface area contributed by atoms with Crippen molar-refractivity contribution >= 4 is 23.4 Å². The number of benzene rings is 1. The highest BCUT2D eigenvalue weighted by Gasteiger charge is 2.21. The number of nitrogens with one attached hydrogen (secondary N) is 1. The summed E-state index contributed by atoms with van der Waals surface area (Å²) >= 11 is 5.86. The van der Waals surface area contributed by atoms with Crippen LogP contribution in [0.4, 0.5) is 4.39 Å². The van der Waals surface area contributed by atoms with Crippen LogP contribution >= 0.6 is 11.6 Å². The van der Waals surface area contributed by atoms with Crippen molar-refractivity contribution < 1.29 is 14.0 Å². The van der Waals surface area contributed by atoms with Gasteiger partial charge < -0.3 is 15.1 Å². The minimum absolute atomic E-state index is 0.0303. The summed E-state index contributed by atoms with van der Waals surface area (Å²) in [5.74, 6) is -0.870. The van der Waals surface area contributed by atoms with Gasteiger partial charge in [0.25, 0.3) is 5.91 Å². The Balaban J connectivity index is 1.70. The summed E-state index contributed by atoms with van der Waals surface area (Å²) in [5.41, 5.74) is 0.204. The minimum atomic E-state index is -0.494. The van der Waals surface area contributed by atoms with Crippen LogP contribution < -0.4 is 5.32 Å². The molecule has 0 bridgehead atoms. The quantitative estimate of drug-likeness (QED) is 0.770. The lowest BCUT2D eigenvalue weighted by Crippen LogP contribution is -2.50. The smallest absolute Gasteiger partial charge is 0.252 e. The molecule has 1 aliphatic heterocycles. The molecule has 2 amide bonds. The van der Waals surface area contributed by atoms with Gasteiger partial charge in [-0.05, 0) is 32.3 Å². The predicted molar refractivity (Wildman–Crippen MR) is 99.9 cm³/mol. The average molecular weight is 385 g/mol. The molecule has 0 aromatic heterocycles. The molecule has 2 rings (SSSR count). The number of carbonyl (C=O) groups is 2. The molecule has 0 atom stereocenters. The first kappa shape index (κ1) is 20.6. The van der Waals surface area contributed by atoms with Crippen molar-refractivity contribution in [1.29, 1.82) is 0 Å². The molecule has 0 aliphatic carbocycles. The lowest BCUT2D eigenvalue weighted by Gasteiger charge is -2.35. The summed E-state index contributed by atoms with van der Waals surface area (Å²) in [6, 6.07) is 3.61. The number of carbonyl (C=O) groups excluding carboxylic acids is 2. The number of piperazine rings is 1. The normalized spacial score (nSPS) is 15.3. The largest absolute Gasteiger partial charge is 0.351 e. The van der Waals surface area contributed by atoms with Crippen LogP contribution in [0.3, 0.4) is 0 Å². The van der Waals surface area contributed by atoms with E-state index in [0.29, 0.717) is 13.1 Å². The summed E-state index contributed by atoms with van der Waals surface area (Å²) in [4.78, 5) is 30.7. The van der Waals surface area contributed by atoms with Crippen molar-refractivity contribution in [3.05, 3.63) is 34.6 Å². The monoisotopic (exact) mass is 384 g/mol. The Morgan fingerprint density at radius 1 is 1.23 bits per heavy atom. The fourth-order valence-corrected chi connectivity index (χ4v) is 3.03. The molecule has 0 saturated carbocycles. The van der Waals surface area contributed by atoms with E-state index in [0.717, 1.165) is 32.2 Å². The van der Waals surface area contributed by atoms with Crippen LogP contribution in [0.2, 0.25) is 5.02 Å². The van der Waals surface area contributed by atoms with Crippen LogP contribution in [0.5, 0.6) is 0 Å². The van der Waals surface area contributed by atoms with E-state index in [-0.39, 0.29) is 29.5 Å². The minimum Gasteiger partial charge on any atom is -0.351 e. The Hall–Kier alpha value is -1.70. The van der Waals surface area contributed by atoms with E-state index in [1.807, 2.05) is 19.0 Å². The lowest BCUT2D eigenvalue weighted by molar-refractivity contribution is -0.132. The van der Waals surface area contributed by atoms with E-state index < -0.39 is 11.7 Å². The van der Waals surface area contributed by atoms with E-state index in [1.54, 1.807) is 0 Å². The zero-order chi connectivity index (χ0) is 19.1. The van der Waals surface area contributed by atoms with Crippen molar-refractivity contribution in [2.24, 2.45) is 0 Å². The third kappa shape index (κ3) is 6.23. The van der Waals surface area contributed by atoms with Crippen LogP contribution in [0.25, 0.3) is 0 Å². The second kappa shape index (κ2) is 9.85. The number of likely N-dealkylation sites (N-methyl/N-ethyl adjacent to an activating group) is 1. The summed E-state index contributed by atoms with van der Waals surface area (Å²) in [6.45, 7) is 5.41. The molecule has 26 heavy (non-hydrogen) atoms. The molecule has 0 radical (unpaired) electrons. The molecule has 0 unspecified atom stereocenters. The van der Waals surface area contributed by atoms with E-state index in [1.165, 1.54) is 12.1 Å². The molecular weight excluding hydrogens is 359 g/mol. The van der Waals surface area contributed by atoms with Crippen molar-refractivity contribution in [1.82, 2.24) is 20.0 Å². The molecule has 144 valence electrons. The first-order valence-corrected chi connectivity index (χ1v) is 9.12. The number of rotatable bonds is 7. The van der Waals surface area contributed by atoms with Gasteiger partial charge in [-0.3, -0.25) is 14.5 Å². The van der Waals surface area contributed by atoms with Crippen LogP contribution in [0, 0.1) is 5.82 Å². The Morgan fingerprint density at radius 3 is 2.54 bits per heavy atom. The standard InChI is InChI=1S/C18H26ClFN4O2/c1-22(2)7-8-23-9-11-24(12-10-23)17(25)5-6-21-18(26)15-4-3-14(20)13-16(15)19/h3-4,13H,5-12H2,1-2H3,(H,21,26). The number of nitrogens with zero attached hydrogens (tertiary/aromatic N) is 3. The molecule has 1 aromatic carbocycles. The Kier molecular flexibility index (Phi) is 7.81. The van der Waals surface area contributed by atoms with Gasteiger partial charge in [0.15, 0.2) is 0 Å². The van der Waals surface area contributed by atoms with E-state index in [2.05, 4.69) is 15.1 Å². The molecule has 1 saturated heterocycles. The Morgan fingerprint density at radius 2 is 1.92 bits per heavy atom. The fraction of sp³-hybridized carbons (Fsp3) is 0.556. The van der Waals surface area contributed by atoms with Crippen LogP contribution in [-0.4, -0.2) is 86.4 Å². The summed E-state index contributed by atoms with van der Waals surface area (Å²) in [6.07, 6.45) is 0.238. The van der Waals surface area contributed by atoms with Gasteiger partial charge in [-0.25, -0.2) is 4.39 Å². The molecule has 1 fully saturated rings. The molecule has 1 aromatic rings. The van der Waals surface area contributed by atoms with Gasteiger partial charge in [0.2, 0.25) is 5.91 Å². The molecule has 8 heteroatoms. The van der Waals surface area contributed by atoms with Gasteiger partial charge in [-0.2, -0.15) is 0 Å². The van der Waals surface area contributed by atoms with Crippen molar-refractivity contribution in [3.8, 4) is 0 Å². The molecule has 1 N–H and O–H groups in total. The van der Waals surface area contributed by atoms with Crippen LogP contribution in [0.15, 0.2) is 18.2 Å². The van der Waals surface area contributed by atoms with Gasteiger partial charge in [0.05, 0.1) is 10.6 Å². The van der Waals surface area contributed by atoms with Gasteiger partial charge >= 0.3 is 0 Å². The topological polar surface area (TPSA) is 55.9 Å². The Bertz CT molecular complexity index is 634. The maximum absolute atomic E-state index is 13.0. The third-order valence-electron chi connectivity index (χ3n) is 4.39. The van der Waals surface area contributed by atoms with Gasteiger partial charge in [-0.1, -0.05) is 11.6 Å². The maximum Gasteiger partial charge on any atom is 0.252 e. The number of amides is 2. The second-order valence-electron chi connectivity index (χ2n) is 6.66. The molecule has 1 heterocycles. The lowest BCUT2D eigenvalue weighted by atomic mass is 10.2. The summed E-state index contributed by atoms with van der Waals surface area (Å²) in [5, 5.41) is 2.72. The highest BCUT2D eigenvalue weighted by Crippen LogP contribution is 2.17. The van der Waals surface area contributed by atoms with Crippen molar-refractivity contribution in [3.63, 3.8) is 0 Å². The average Bonchev–Trinajstić information content (AvgIpc) is 2.60. The number of halogens is 2. The van der Waals surface area contributed by atoms with Crippen LogP contribution in [-0.2, 0) is 4.79 Å². The maximum atomic E-state index is 13.0. The summed E-state index contributed by atoms with van der Waals surface area (Å²) < 4.78 is 13.0. The Labute approximate surface area is 158 Å². The third-order valence-corrected chi connectivity index (χ3v) is 4.70. The van der Waals surface area contributed by atoms with Gasteiger partial charge in [-0.15, -0.1) is 0 Å². The molecule has 0 spiro atoms. The van der Waals surface area contributed by atoms with E-state index >= 15 is 0 Å². The number of hydrogen-bond acceptors (Lipinski definition) is 4. The van der Waals surface area contributed by atoms with Crippen LogP contribution in [0.1, 0.15) is 16.8 Å². The SMILES string of the molecule is CN(C)CCN1CCN(C(=O)CCNC(=O)c2ccc(F)cc2Cl)CC1. The number of hydrogen-bond donors (Lipinski definition) is 1. The molecular formula is C18H26ClFN4O2. The molecule has 6 nitrogen and oxygen atoms in total. The first-order chi connectivity index (χ1) is 12.4. The van der Waals surface area contributed by atoms with Crippen molar-refractivity contribution in [2.75, 3.05) is 59.9 Å². The van der Waals surface area contributed by atoms with Crippen molar-refractivity contribution in [2.45, 2.75) is 6.42 Å². The summed E-state index contributed by atoms with van der Waals surface area (Å²) in [7, 11) is 4.10. The van der Waals surface area contributed by atoms with Gasteiger partial charge in [0.1, 0.15) is 5.82 Å². The highest BCUT2D eigenvalue weighted by molar-refractivity contribution is 6.33. The van der Waals surface area contributed by atoms with E-state index in [9.17, 15) is 14.0 Å².